The van der Waals surface area contributed by atoms with Crippen molar-refractivity contribution in [2.24, 2.45) is 4.99 Å². The van der Waals surface area contributed by atoms with Crippen molar-refractivity contribution in [3.63, 3.8) is 0 Å². The zero-order valence-corrected chi connectivity index (χ0v) is 21.3. The van der Waals surface area contributed by atoms with Crippen LogP contribution in [0.3, 0.4) is 0 Å². The van der Waals surface area contributed by atoms with Crippen LogP contribution >= 0.6 is 35.3 Å². The highest BCUT2D eigenvalue weighted by molar-refractivity contribution is 14.0. The Balaban J connectivity index is 0.00000341. The number of guanidine groups is 1. The third-order valence-corrected chi connectivity index (χ3v) is 6.19. The number of hydrogen-bond acceptors (Lipinski definition) is 4. The quantitative estimate of drug-likeness (QED) is 0.239. The Morgan fingerprint density at radius 3 is 2.55 bits per heavy atom. The van der Waals surface area contributed by atoms with Crippen LogP contribution in [0.1, 0.15) is 36.2 Å². The van der Waals surface area contributed by atoms with Gasteiger partial charge in [-0.05, 0) is 56.3 Å². The van der Waals surface area contributed by atoms with E-state index in [1.807, 2.05) is 25.1 Å². The van der Waals surface area contributed by atoms with E-state index in [1.54, 1.807) is 11.3 Å². The summed E-state index contributed by atoms with van der Waals surface area (Å²) in [4.78, 5) is 20.6. The Bertz CT molecular complexity index is 779. The number of benzene rings is 1. The minimum atomic E-state index is -0.0579. The van der Waals surface area contributed by atoms with Gasteiger partial charge in [0.05, 0.1) is 6.04 Å². The van der Waals surface area contributed by atoms with Crippen LogP contribution < -0.4 is 16.0 Å². The van der Waals surface area contributed by atoms with E-state index in [1.165, 1.54) is 23.3 Å². The fraction of sp³-hybridized carbons (Fsp3) is 0.478. The highest BCUT2D eigenvalue weighted by Gasteiger charge is 2.24. The molecule has 1 unspecified atom stereocenters. The smallest absolute Gasteiger partial charge is 0.241 e. The number of nitrogens with one attached hydrogen (secondary N) is 3. The summed E-state index contributed by atoms with van der Waals surface area (Å²) in [5, 5.41) is 11.8. The van der Waals surface area contributed by atoms with Crippen LogP contribution in [0.2, 0.25) is 0 Å². The van der Waals surface area contributed by atoms with Crippen molar-refractivity contribution in [2.75, 3.05) is 39.3 Å². The van der Waals surface area contributed by atoms with E-state index >= 15 is 0 Å². The molecule has 31 heavy (non-hydrogen) atoms. The van der Waals surface area contributed by atoms with E-state index < -0.39 is 0 Å². The number of carbonyl (C=O) groups excluding carboxylic acids is 1. The van der Waals surface area contributed by atoms with E-state index in [-0.39, 0.29) is 36.4 Å². The van der Waals surface area contributed by atoms with Crippen LogP contribution in [-0.2, 0) is 11.2 Å². The standard InChI is InChI=1S/C23H33N5OS.HI/c1-2-24-23(27-18-22(29)25-13-12-19-9-4-3-5-10-19)26-17-20(21-11-8-16-30-21)28-14-6-7-15-28;/h3-5,8-11,16,20H,2,6-7,12-15,17-18H2,1H3,(H,25,29)(H2,24,26,27);1H. The first-order valence-corrected chi connectivity index (χ1v) is 11.7. The Morgan fingerprint density at radius 1 is 1.10 bits per heavy atom. The molecule has 1 aromatic carbocycles. The summed E-state index contributed by atoms with van der Waals surface area (Å²) in [6.07, 6.45) is 3.35. The van der Waals surface area contributed by atoms with E-state index in [4.69, 9.17) is 0 Å². The number of thiophene rings is 1. The Kier molecular flexibility index (Phi) is 11.9. The predicted octanol–water partition coefficient (Wildman–Crippen LogP) is 3.42. The minimum absolute atomic E-state index is 0. The maximum atomic E-state index is 12.2. The SMILES string of the molecule is CCNC(=NCC(=O)NCCc1ccccc1)NCC(c1cccs1)N1CCCC1.I. The number of likely N-dealkylation sites (tertiary alicyclic amines) is 1. The van der Waals surface area contributed by atoms with Crippen molar-refractivity contribution in [3.05, 3.63) is 58.3 Å². The van der Waals surface area contributed by atoms with Crippen molar-refractivity contribution in [1.82, 2.24) is 20.9 Å². The lowest BCUT2D eigenvalue weighted by Crippen LogP contribution is -2.43. The number of rotatable bonds is 10. The summed E-state index contributed by atoms with van der Waals surface area (Å²) in [7, 11) is 0. The van der Waals surface area contributed by atoms with Gasteiger partial charge in [0.15, 0.2) is 5.96 Å². The molecule has 8 heteroatoms. The largest absolute Gasteiger partial charge is 0.357 e. The third kappa shape index (κ3) is 8.78. The average molecular weight is 556 g/mol. The van der Waals surface area contributed by atoms with Crippen LogP contribution in [0, 0.1) is 0 Å². The molecule has 0 radical (unpaired) electrons. The van der Waals surface area contributed by atoms with Gasteiger partial charge in [-0.15, -0.1) is 35.3 Å². The van der Waals surface area contributed by atoms with Crippen molar-refractivity contribution in [2.45, 2.75) is 32.2 Å². The van der Waals surface area contributed by atoms with Gasteiger partial charge in [-0.3, -0.25) is 9.69 Å². The molecule has 1 aromatic heterocycles. The number of carbonyl (C=O) groups is 1. The summed E-state index contributed by atoms with van der Waals surface area (Å²) in [6, 6.07) is 14.8. The lowest BCUT2D eigenvalue weighted by atomic mass is 10.1. The topological polar surface area (TPSA) is 68.8 Å². The van der Waals surface area contributed by atoms with Crippen molar-refractivity contribution >= 4 is 47.2 Å². The Labute approximate surface area is 206 Å². The molecule has 0 saturated carbocycles. The monoisotopic (exact) mass is 555 g/mol. The number of halogens is 1. The van der Waals surface area contributed by atoms with Crippen molar-refractivity contribution in [1.29, 1.82) is 0 Å². The average Bonchev–Trinajstić information content (AvgIpc) is 3.48. The van der Waals surface area contributed by atoms with Gasteiger partial charge in [0.1, 0.15) is 6.54 Å². The third-order valence-electron chi connectivity index (χ3n) is 5.22. The number of nitrogens with zero attached hydrogens (tertiary/aromatic N) is 2. The van der Waals surface area contributed by atoms with E-state index in [0.717, 1.165) is 32.6 Å². The molecular formula is C23H34IN5OS. The maximum absolute atomic E-state index is 12.2. The minimum Gasteiger partial charge on any atom is -0.357 e. The number of aliphatic imine (C=N–C) groups is 1. The highest BCUT2D eigenvalue weighted by atomic mass is 127. The molecule has 2 heterocycles. The maximum Gasteiger partial charge on any atom is 0.241 e. The number of hydrogen-bond donors (Lipinski definition) is 3. The summed E-state index contributed by atoms with van der Waals surface area (Å²) >= 11 is 1.80. The molecule has 1 atom stereocenters. The Morgan fingerprint density at radius 2 is 1.87 bits per heavy atom. The molecule has 0 bridgehead atoms. The molecular weight excluding hydrogens is 521 g/mol. The second-order valence-corrected chi connectivity index (χ2v) is 8.42. The van der Waals surface area contributed by atoms with Crippen LogP contribution in [0.4, 0.5) is 0 Å². The summed E-state index contributed by atoms with van der Waals surface area (Å²) in [5.74, 6) is 0.633. The fourth-order valence-corrected chi connectivity index (χ4v) is 4.54. The molecule has 6 nitrogen and oxygen atoms in total. The molecule has 3 rings (SSSR count). The first-order chi connectivity index (χ1) is 14.8. The van der Waals surface area contributed by atoms with Gasteiger partial charge in [-0.2, -0.15) is 0 Å². The molecule has 170 valence electrons. The fourth-order valence-electron chi connectivity index (χ4n) is 3.68. The Hall–Kier alpha value is -1.65. The van der Waals surface area contributed by atoms with Gasteiger partial charge in [0.2, 0.25) is 5.91 Å². The van der Waals surface area contributed by atoms with Gasteiger partial charge in [0.25, 0.3) is 0 Å². The molecule has 1 aliphatic heterocycles. The van der Waals surface area contributed by atoms with E-state index in [9.17, 15) is 4.79 Å². The van der Waals surface area contributed by atoms with Gasteiger partial charge >= 0.3 is 0 Å². The molecule has 1 saturated heterocycles. The van der Waals surface area contributed by atoms with Gasteiger partial charge in [-0.1, -0.05) is 36.4 Å². The van der Waals surface area contributed by atoms with E-state index in [2.05, 4.69) is 55.5 Å². The van der Waals surface area contributed by atoms with E-state index in [0.29, 0.717) is 18.5 Å². The van der Waals surface area contributed by atoms with Crippen LogP contribution in [0.15, 0.2) is 52.8 Å². The second kappa shape index (κ2) is 14.4. The molecule has 2 aromatic rings. The molecule has 3 N–H and O–H groups in total. The van der Waals surface area contributed by atoms with Crippen molar-refractivity contribution < 1.29 is 4.79 Å². The van der Waals surface area contributed by atoms with Gasteiger partial charge < -0.3 is 16.0 Å². The molecule has 1 fully saturated rings. The van der Waals surface area contributed by atoms with Gasteiger partial charge in [0, 0.05) is 24.5 Å². The van der Waals surface area contributed by atoms with Crippen LogP contribution in [-0.4, -0.2) is 56.0 Å². The molecule has 1 amide bonds. The van der Waals surface area contributed by atoms with Crippen molar-refractivity contribution in [3.8, 4) is 0 Å². The molecule has 1 aliphatic rings. The summed E-state index contributed by atoms with van der Waals surface area (Å²) in [6.45, 7) is 6.60. The normalized spacial score (nSPS) is 15.2. The first-order valence-electron chi connectivity index (χ1n) is 10.9. The summed E-state index contributed by atoms with van der Waals surface area (Å²) in [5.41, 5.74) is 1.22. The molecule has 0 aliphatic carbocycles. The first kappa shape index (κ1) is 25.6. The van der Waals surface area contributed by atoms with Crippen LogP contribution in [0.5, 0.6) is 0 Å². The highest BCUT2D eigenvalue weighted by Crippen LogP contribution is 2.27. The second-order valence-electron chi connectivity index (χ2n) is 7.44. The lowest BCUT2D eigenvalue weighted by molar-refractivity contribution is -0.119. The zero-order valence-electron chi connectivity index (χ0n) is 18.2. The predicted molar refractivity (Wildman–Crippen MR) is 140 cm³/mol. The molecule has 0 spiro atoms. The van der Waals surface area contributed by atoms with Crippen LogP contribution in [0.25, 0.3) is 0 Å². The van der Waals surface area contributed by atoms with Gasteiger partial charge in [-0.25, -0.2) is 4.99 Å². The number of amides is 1. The lowest BCUT2D eigenvalue weighted by Gasteiger charge is -2.27. The zero-order chi connectivity index (χ0) is 21.0. The summed E-state index contributed by atoms with van der Waals surface area (Å²) < 4.78 is 0.